The Balaban J connectivity index is 0.000000146. The lowest BCUT2D eigenvalue weighted by atomic mass is 10.0. The molecule has 2 unspecified atom stereocenters. The highest BCUT2D eigenvalue weighted by molar-refractivity contribution is 5.80. The fourth-order valence-electron chi connectivity index (χ4n) is 6.88. The van der Waals surface area contributed by atoms with E-state index in [9.17, 15) is 9.59 Å². The minimum atomic E-state index is -0.112. The zero-order valence-corrected chi connectivity index (χ0v) is 29.4. The number of aliphatic hydroxyl groups is 1. The summed E-state index contributed by atoms with van der Waals surface area (Å²) in [4.78, 5) is 35.7. The predicted molar refractivity (Wildman–Crippen MR) is 197 cm³/mol. The zero-order valence-electron chi connectivity index (χ0n) is 29.4. The van der Waals surface area contributed by atoms with Crippen molar-refractivity contribution < 1.29 is 14.7 Å². The second-order valence-corrected chi connectivity index (χ2v) is 13.1. The smallest absolute Gasteiger partial charge is 0.224 e. The summed E-state index contributed by atoms with van der Waals surface area (Å²) in [6.45, 7) is 6.35. The van der Waals surface area contributed by atoms with Gasteiger partial charge in [0, 0.05) is 73.5 Å². The highest BCUT2D eigenvalue weighted by Crippen LogP contribution is 2.30. The normalized spacial score (nSPS) is 17.1. The molecule has 4 aromatic heterocycles. The van der Waals surface area contributed by atoms with Crippen LogP contribution in [0.1, 0.15) is 57.9 Å². The third kappa shape index (κ3) is 8.67. The Morgan fingerprint density at radius 3 is 1.90 bits per heavy atom. The van der Waals surface area contributed by atoms with Gasteiger partial charge in [-0.3, -0.25) is 9.59 Å². The van der Waals surface area contributed by atoms with E-state index in [1.165, 1.54) is 4.90 Å². The number of carbonyl (C=O) groups is 2. The van der Waals surface area contributed by atoms with Crippen LogP contribution in [0.2, 0.25) is 0 Å². The summed E-state index contributed by atoms with van der Waals surface area (Å²) in [5.74, 6) is 1.31. The second-order valence-electron chi connectivity index (χ2n) is 13.1. The van der Waals surface area contributed by atoms with Crippen LogP contribution in [0.3, 0.4) is 0 Å². The minimum absolute atomic E-state index is 0.103. The van der Waals surface area contributed by atoms with Crippen LogP contribution in [0.5, 0.6) is 0 Å². The van der Waals surface area contributed by atoms with Crippen molar-refractivity contribution in [2.75, 3.05) is 19.8 Å². The van der Waals surface area contributed by atoms with Crippen LogP contribution in [0.4, 0.5) is 0 Å². The molecule has 0 saturated carbocycles. The second kappa shape index (κ2) is 17.0. The fraction of sp³-hybridized carbons (Fsp3) is 0.350. The summed E-state index contributed by atoms with van der Waals surface area (Å²) in [7, 11) is 0. The van der Waals surface area contributed by atoms with E-state index < -0.39 is 0 Å². The van der Waals surface area contributed by atoms with Gasteiger partial charge in [0.1, 0.15) is 12.4 Å². The Kier molecular flexibility index (Phi) is 11.8. The van der Waals surface area contributed by atoms with Gasteiger partial charge >= 0.3 is 0 Å². The van der Waals surface area contributed by atoms with Crippen molar-refractivity contribution in [2.24, 2.45) is 11.8 Å². The fourth-order valence-corrected chi connectivity index (χ4v) is 6.88. The maximum Gasteiger partial charge on any atom is 0.224 e. The lowest BCUT2D eigenvalue weighted by molar-refractivity contribution is -0.130. The van der Waals surface area contributed by atoms with Crippen molar-refractivity contribution >= 4 is 23.1 Å². The molecule has 1 N–H and O–H groups in total. The molecule has 0 aliphatic carbocycles. The van der Waals surface area contributed by atoms with Gasteiger partial charge in [0.25, 0.3) is 0 Å². The van der Waals surface area contributed by atoms with Gasteiger partial charge in [0.05, 0.1) is 12.2 Å². The SMILES string of the molecule is CCCC1CC(=O)N(CO)C1.CCCC1CC(=O)N(Cc2c(-c3ccccc3)nn3cccnc23)C1.c1ccc(-c2cc3ncccn3n2)cc1. The van der Waals surface area contributed by atoms with E-state index >= 15 is 0 Å². The van der Waals surface area contributed by atoms with Crippen LogP contribution in [-0.4, -0.2) is 75.7 Å². The largest absolute Gasteiger partial charge is 0.376 e. The molecular weight excluding hydrogens is 640 g/mol. The van der Waals surface area contributed by atoms with Gasteiger partial charge in [0.15, 0.2) is 11.3 Å². The molecule has 2 atom stereocenters. The molecule has 2 saturated heterocycles. The van der Waals surface area contributed by atoms with Gasteiger partial charge in [-0.1, -0.05) is 87.4 Å². The monoisotopic (exact) mass is 686 g/mol. The van der Waals surface area contributed by atoms with Gasteiger partial charge in [-0.15, -0.1) is 0 Å². The summed E-state index contributed by atoms with van der Waals surface area (Å²) in [6, 6.07) is 25.9. The highest BCUT2D eigenvalue weighted by Gasteiger charge is 2.31. The molecule has 2 aliphatic rings. The number of aliphatic hydroxyl groups excluding tert-OH is 1. The van der Waals surface area contributed by atoms with Crippen LogP contribution >= 0.6 is 0 Å². The zero-order chi connectivity index (χ0) is 35.6. The van der Waals surface area contributed by atoms with Crippen molar-refractivity contribution in [1.82, 2.24) is 39.0 Å². The number of benzene rings is 2. The Labute approximate surface area is 298 Å². The lowest BCUT2D eigenvalue weighted by Gasteiger charge is -2.16. The van der Waals surface area contributed by atoms with E-state index in [4.69, 9.17) is 10.2 Å². The molecule has 0 spiro atoms. The first kappa shape index (κ1) is 35.4. The van der Waals surface area contributed by atoms with Crippen LogP contribution in [0, 0.1) is 11.8 Å². The van der Waals surface area contributed by atoms with Gasteiger partial charge in [-0.2, -0.15) is 10.2 Å². The standard InChI is InChI=1S/C20H22N4O.C12H9N3.C8H15NO2/c1-2-7-15-12-18(25)23(13-15)14-17-19(16-8-4-3-5-9-16)22-24-11-6-10-21-20(17)24;1-2-5-10(6-3-1)11-9-12-13-7-4-8-15(12)14-11;1-2-3-7-4-8(11)9(5-7)6-10/h3-6,8-11,15H,2,7,12-14H2,1H3;1-9H;7,10H,2-6H2,1H3. The molecule has 2 aromatic carbocycles. The van der Waals surface area contributed by atoms with E-state index in [0.717, 1.165) is 78.1 Å². The number of amides is 2. The summed E-state index contributed by atoms with van der Waals surface area (Å²) >= 11 is 0. The van der Waals surface area contributed by atoms with Gasteiger partial charge in [-0.05, 0) is 36.8 Å². The van der Waals surface area contributed by atoms with Crippen molar-refractivity contribution in [3.63, 3.8) is 0 Å². The van der Waals surface area contributed by atoms with Crippen molar-refractivity contribution in [2.45, 2.75) is 58.9 Å². The molecule has 6 heterocycles. The van der Waals surface area contributed by atoms with E-state index in [1.807, 2.05) is 88.5 Å². The van der Waals surface area contributed by atoms with Gasteiger partial charge in [0.2, 0.25) is 11.8 Å². The molecule has 2 amide bonds. The average molecular weight is 687 g/mol. The van der Waals surface area contributed by atoms with E-state index in [0.29, 0.717) is 31.2 Å². The van der Waals surface area contributed by atoms with Crippen LogP contribution in [0.15, 0.2) is 104 Å². The molecule has 0 radical (unpaired) electrons. The Morgan fingerprint density at radius 1 is 0.706 bits per heavy atom. The maximum absolute atomic E-state index is 12.4. The van der Waals surface area contributed by atoms with Crippen molar-refractivity contribution in [3.05, 3.63) is 109 Å². The molecule has 11 heteroatoms. The number of hydrogen-bond donors (Lipinski definition) is 1. The molecule has 264 valence electrons. The highest BCUT2D eigenvalue weighted by atomic mass is 16.3. The average Bonchev–Trinajstić information content (AvgIpc) is 3.94. The number of carbonyl (C=O) groups excluding carboxylic acids is 2. The van der Waals surface area contributed by atoms with Gasteiger partial charge in [-0.25, -0.2) is 19.0 Å². The topological polar surface area (TPSA) is 121 Å². The lowest BCUT2D eigenvalue weighted by Crippen LogP contribution is -2.25. The van der Waals surface area contributed by atoms with Crippen LogP contribution in [0.25, 0.3) is 33.8 Å². The number of rotatable bonds is 9. The number of aromatic nitrogens is 6. The summed E-state index contributed by atoms with van der Waals surface area (Å²) < 4.78 is 3.59. The third-order valence-corrected chi connectivity index (χ3v) is 9.35. The van der Waals surface area contributed by atoms with Crippen LogP contribution in [-0.2, 0) is 16.1 Å². The van der Waals surface area contributed by atoms with E-state index in [2.05, 4.69) is 41.0 Å². The van der Waals surface area contributed by atoms with E-state index in [-0.39, 0.29) is 18.5 Å². The number of fused-ring (bicyclic) bond motifs is 2. The van der Waals surface area contributed by atoms with Crippen LogP contribution < -0.4 is 0 Å². The van der Waals surface area contributed by atoms with Crippen molar-refractivity contribution in [1.29, 1.82) is 0 Å². The van der Waals surface area contributed by atoms with Gasteiger partial charge < -0.3 is 14.9 Å². The first-order valence-corrected chi connectivity index (χ1v) is 17.9. The Hall–Kier alpha value is -5.42. The maximum atomic E-state index is 12.4. The molecule has 0 bridgehead atoms. The summed E-state index contributed by atoms with van der Waals surface area (Å²) in [5, 5.41) is 17.9. The number of likely N-dealkylation sites (tertiary alicyclic amines) is 2. The third-order valence-electron chi connectivity index (χ3n) is 9.35. The molecule has 2 fully saturated rings. The molecule has 6 aromatic rings. The molecule has 11 nitrogen and oxygen atoms in total. The Bertz CT molecular complexity index is 1990. The Morgan fingerprint density at radius 2 is 1.29 bits per heavy atom. The molecule has 2 aliphatic heterocycles. The number of nitrogens with zero attached hydrogens (tertiary/aromatic N) is 8. The molecule has 51 heavy (non-hydrogen) atoms. The quantitative estimate of drug-likeness (QED) is 0.184. The molecule has 8 rings (SSSR count). The van der Waals surface area contributed by atoms with Crippen molar-refractivity contribution in [3.8, 4) is 22.5 Å². The minimum Gasteiger partial charge on any atom is -0.376 e. The molecular formula is C40H46N8O3. The first-order valence-electron chi connectivity index (χ1n) is 17.9. The first-order chi connectivity index (χ1) is 25.0. The number of hydrogen-bond acceptors (Lipinski definition) is 7. The summed E-state index contributed by atoms with van der Waals surface area (Å²) in [6.07, 6.45) is 13.1. The predicted octanol–water partition coefficient (Wildman–Crippen LogP) is 6.53. The van der Waals surface area contributed by atoms with E-state index in [1.54, 1.807) is 16.9 Å². The summed E-state index contributed by atoms with van der Waals surface area (Å²) in [5.41, 5.74) is 6.75.